The predicted octanol–water partition coefficient (Wildman–Crippen LogP) is 2.53. The van der Waals surface area contributed by atoms with Crippen LogP contribution in [0, 0.1) is 11.8 Å². The van der Waals surface area contributed by atoms with Crippen molar-refractivity contribution in [2.24, 2.45) is 16.8 Å². The average molecular weight is 396 g/mol. The molecule has 0 saturated carbocycles. The highest BCUT2D eigenvalue weighted by Gasteiger charge is 2.28. The molecule has 2 aliphatic rings. The number of carbonyl (C=O) groups is 1. The Bertz CT molecular complexity index is 523. The van der Waals surface area contributed by atoms with E-state index in [0.29, 0.717) is 12.5 Å². The third-order valence-electron chi connectivity index (χ3n) is 5.50. The van der Waals surface area contributed by atoms with Gasteiger partial charge in [-0.15, -0.1) is 0 Å². The van der Waals surface area contributed by atoms with Crippen LogP contribution in [-0.4, -0.2) is 79.8 Å². The molecule has 2 heterocycles. The average Bonchev–Trinajstić information content (AvgIpc) is 3.25. The number of amides is 1. The lowest BCUT2D eigenvalue weighted by Gasteiger charge is -2.28. The summed E-state index contributed by atoms with van der Waals surface area (Å²) in [5.41, 5.74) is -0.491. The molecule has 2 N–H and O–H groups in total. The highest BCUT2D eigenvalue weighted by Crippen LogP contribution is 2.20. The Morgan fingerprint density at radius 1 is 1.21 bits per heavy atom. The summed E-state index contributed by atoms with van der Waals surface area (Å²) in [4.78, 5) is 21.6. The Kier molecular flexibility index (Phi) is 8.40. The van der Waals surface area contributed by atoms with E-state index in [0.717, 1.165) is 25.0 Å². The minimum absolute atomic E-state index is 0.0189. The lowest BCUT2D eigenvalue weighted by molar-refractivity contribution is 0.0491. The summed E-state index contributed by atoms with van der Waals surface area (Å²) >= 11 is 0. The third kappa shape index (κ3) is 7.49. The first-order valence-corrected chi connectivity index (χ1v) is 10.9. The predicted molar refractivity (Wildman–Crippen MR) is 115 cm³/mol. The lowest BCUT2D eigenvalue weighted by Crippen LogP contribution is -2.50. The van der Waals surface area contributed by atoms with E-state index in [1.54, 1.807) is 0 Å². The fourth-order valence-electron chi connectivity index (χ4n) is 3.95. The number of hydrogen-bond acceptors (Lipinski definition) is 4. The molecule has 2 aliphatic heterocycles. The van der Waals surface area contributed by atoms with Gasteiger partial charge in [0.25, 0.3) is 0 Å². The molecular weight excluding hydrogens is 354 g/mol. The lowest BCUT2D eigenvalue weighted by atomic mass is 10.0. The SMILES string of the molecule is CN=C(NCC(NC(=O)OC(C)(C)C)C(C)C)N1CCC(CN2CCCC2)C1. The molecule has 0 aromatic carbocycles. The summed E-state index contributed by atoms with van der Waals surface area (Å²) in [6.45, 7) is 16.3. The number of carbonyl (C=O) groups excluding carboxylic acids is 1. The number of hydrogen-bond donors (Lipinski definition) is 2. The minimum atomic E-state index is -0.491. The standard InChI is InChI=1S/C21H41N5O2/c1-16(2)18(24-20(27)28-21(3,4)5)13-23-19(22-6)26-12-9-17(15-26)14-25-10-7-8-11-25/h16-18H,7-15H2,1-6H3,(H,22,23)(H,24,27). The quantitative estimate of drug-likeness (QED) is 0.534. The molecule has 2 saturated heterocycles. The van der Waals surface area contributed by atoms with E-state index in [1.807, 2.05) is 27.8 Å². The van der Waals surface area contributed by atoms with E-state index in [-0.39, 0.29) is 12.1 Å². The van der Waals surface area contributed by atoms with Gasteiger partial charge in [-0.1, -0.05) is 13.8 Å². The molecule has 0 spiro atoms. The fraction of sp³-hybridized carbons (Fsp3) is 0.905. The highest BCUT2D eigenvalue weighted by atomic mass is 16.6. The molecule has 7 nitrogen and oxygen atoms in total. The second-order valence-corrected chi connectivity index (χ2v) is 9.53. The van der Waals surface area contributed by atoms with Crippen molar-refractivity contribution in [3.63, 3.8) is 0 Å². The molecule has 2 fully saturated rings. The van der Waals surface area contributed by atoms with Gasteiger partial charge in [0.1, 0.15) is 5.60 Å². The largest absolute Gasteiger partial charge is 0.444 e. The van der Waals surface area contributed by atoms with E-state index < -0.39 is 5.60 Å². The highest BCUT2D eigenvalue weighted by molar-refractivity contribution is 5.80. The molecule has 0 aromatic rings. The van der Waals surface area contributed by atoms with Gasteiger partial charge in [-0.3, -0.25) is 4.99 Å². The van der Waals surface area contributed by atoms with Gasteiger partial charge in [0.2, 0.25) is 0 Å². The first-order chi connectivity index (χ1) is 13.2. The van der Waals surface area contributed by atoms with Crippen molar-refractivity contribution in [2.45, 2.75) is 65.5 Å². The van der Waals surface area contributed by atoms with E-state index in [1.165, 1.54) is 38.9 Å². The summed E-state index contributed by atoms with van der Waals surface area (Å²) in [5.74, 6) is 1.94. The number of likely N-dealkylation sites (tertiary alicyclic amines) is 2. The molecule has 7 heteroatoms. The zero-order chi connectivity index (χ0) is 20.7. The van der Waals surface area contributed by atoms with Crippen LogP contribution in [0.4, 0.5) is 4.79 Å². The van der Waals surface area contributed by atoms with Gasteiger partial charge in [-0.2, -0.15) is 0 Å². The van der Waals surface area contributed by atoms with Crippen LogP contribution in [-0.2, 0) is 4.74 Å². The maximum absolute atomic E-state index is 12.1. The molecule has 1 amide bonds. The van der Waals surface area contributed by atoms with E-state index >= 15 is 0 Å². The smallest absolute Gasteiger partial charge is 0.407 e. The Morgan fingerprint density at radius 2 is 1.89 bits per heavy atom. The molecule has 2 atom stereocenters. The molecule has 0 bridgehead atoms. The molecule has 0 aromatic heterocycles. The van der Waals surface area contributed by atoms with Gasteiger partial charge in [0, 0.05) is 33.2 Å². The van der Waals surface area contributed by atoms with Gasteiger partial charge in [0.05, 0.1) is 6.04 Å². The number of nitrogens with one attached hydrogen (secondary N) is 2. The maximum atomic E-state index is 12.1. The Hall–Kier alpha value is -1.50. The van der Waals surface area contributed by atoms with Crippen molar-refractivity contribution in [3.05, 3.63) is 0 Å². The van der Waals surface area contributed by atoms with Crippen LogP contribution in [0.2, 0.25) is 0 Å². The maximum Gasteiger partial charge on any atom is 0.407 e. The number of guanidine groups is 1. The van der Waals surface area contributed by atoms with Crippen LogP contribution < -0.4 is 10.6 Å². The minimum Gasteiger partial charge on any atom is -0.444 e. The number of alkyl carbamates (subject to hydrolysis) is 1. The summed E-state index contributed by atoms with van der Waals surface area (Å²) < 4.78 is 5.41. The number of ether oxygens (including phenoxy) is 1. The molecule has 162 valence electrons. The molecule has 2 rings (SSSR count). The van der Waals surface area contributed by atoms with Gasteiger partial charge >= 0.3 is 6.09 Å². The van der Waals surface area contributed by atoms with Crippen molar-refractivity contribution < 1.29 is 9.53 Å². The van der Waals surface area contributed by atoms with E-state index in [4.69, 9.17) is 4.74 Å². The van der Waals surface area contributed by atoms with Crippen LogP contribution >= 0.6 is 0 Å². The first-order valence-electron chi connectivity index (χ1n) is 10.9. The molecule has 0 aliphatic carbocycles. The second-order valence-electron chi connectivity index (χ2n) is 9.53. The zero-order valence-corrected chi connectivity index (χ0v) is 18.8. The van der Waals surface area contributed by atoms with Crippen LogP contribution in [0.5, 0.6) is 0 Å². The van der Waals surface area contributed by atoms with Crippen molar-refractivity contribution in [3.8, 4) is 0 Å². The van der Waals surface area contributed by atoms with Crippen molar-refractivity contribution in [2.75, 3.05) is 46.3 Å². The molecule has 0 radical (unpaired) electrons. The second kappa shape index (κ2) is 10.3. The van der Waals surface area contributed by atoms with Gasteiger partial charge in [-0.25, -0.2) is 4.79 Å². The molecule has 28 heavy (non-hydrogen) atoms. The van der Waals surface area contributed by atoms with Crippen LogP contribution in [0.25, 0.3) is 0 Å². The van der Waals surface area contributed by atoms with Gasteiger partial charge < -0.3 is 25.2 Å². The molecular formula is C21H41N5O2. The monoisotopic (exact) mass is 395 g/mol. The number of rotatable bonds is 6. The van der Waals surface area contributed by atoms with Crippen molar-refractivity contribution in [1.29, 1.82) is 0 Å². The number of nitrogens with zero attached hydrogens (tertiary/aromatic N) is 3. The summed E-state index contributed by atoms with van der Waals surface area (Å²) in [7, 11) is 1.84. The summed E-state index contributed by atoms with van der Waals surface area (Å²) in [5, 5.41) is 6.46. The Labute approximate surface area is 171 Å². The summed E-state index contributed by atoms with van der Waals surface area (Å²) in [6, 6.07) is -0.0189. The van der Waals surface area contributed by atoms with Gasteiger partial charge in [0.15, 0.2) is 5.96 Å². The topological polar surface area (TPSA) is 69.2 Å². The van der Waals surface area contributed by atoms with Crippen molar-refractivity contribution >= 4 is 12.1 Å². The van der Waals surface area contributed by atoms with E-state index in [2.05, 4.69) is 39.3 Å². The Morgan fingerprint density at radius 3 is 2.46 bits per heavy atom. The first kappa shape index (κ1) is 22.8. The number of aliphatic imine (C=N–C) groups is 1. The normalized spacial score (nSPS) is 22.6. The summed E-state index contributed by atoms with van der Waals surface area (Å²) in [6.07, 6.45) is 3.55. The zero-order valence-electron chi connectivity index (χ0n) is 18.8. The van der Waals surface area contributed by atoms with Crippen LogP contribution in [0.15, 0.2) is 4.99 Å². The van der Waals surface area contributed by atoms with Crippen LogP contribution in [0.3, 0.4) is 0 Å². The van der Waals surface area contributed by atoms with E-state index in [9.17, 15) is 4.79 Å². The van der Waals surface area contributed by atoms with Crippen LogP contribution in [0.1, 0.15) is 53.9 Å². The van der Waals surface area contributed by atoms with Crippen molar-refractivity contribution in [1.82, 2.24) is 20.4 Å². The third-order valence-corrected chi connectivity index (χ3v) is 5.50. The van der Waals surface area contributed by atoms with Gasteiger partial charge in [-0.05, 0) is 65.0 Å². The Balaban J connectivity index is 1.81. The fourth-order valence-corrected chi connectivity index (χ4v) is 3.95. The molecule has 2 unspecified atom stereocenters.